The Hall–Kier alpha value is -2.29. The normalized spacial score (nSPS) is 14.8. The summed E-state index contributed by atoms with van der Waals surface area (Å²) in [5.41, 5.74) is 3.42. The molecular weight excluding hydrogens is 354 g/mol. The second-order valence-electron chi connectivity index (χ2n) is 8.13. The van der Waals surface area contributed by atoms with Gasteiger partial charge in [-0.2, -0.15) is 0 Å². The van der Waals surface area contributed by atoms with E-state index < -0.39 is 0 Å². The van der Waals surface area contributed by atoms with Crippen LogP contribution in [0.4, 0.5) is 0 Å². The van der Waals surface area contributed by atoms with Crippen LogP contribution in [0.25, 0.3) is 6.08 Å². The van der Waals surface area contributed by atoms with Crippen molar-refractivity contribution in [2.45, 2.75) is 84.0 Å². The molecule has 2 aromatic rings. The van der Waals surface area contributed by atoms with Crippen LogP contribution in [-0.4, -0.2) is 15.1 Å². The van der Waals surface area contributed by atoms with Crippen LogP contribution < -0.4 is 0 Å². The van der Waals surface area contributed by atoms with Gasteiger partial charge in [0.2, 0.25) is 0 Å². The van der Waals surface area contributed by atoms with E-state index in [4.69, 9.17) is 4.99 Å². The summed E-state index contributed by atoms with van der Waals surface area (Å²) in [6.07, 6.45) is 29.0. The fourth-order valence-electron chi connectivity index (χ4n) is 3.94. The molecule has 0 spiro atoms. The van der Waals surface area contributed by atoms with Gasteiger partial charge in [-0.1, -0.05) is 71.1 Å². The topological polar surface area (TPSA) is 22.2 Å². The van der Waals surface area contributed by atoms with Crippen molar-refractivity contribution < 1.29 is 0 Å². The highest BCUT2D eigenvalue weighted by Gasteiger charge is 2.06. The van der Waals surface area contributed by atoms with E-state index in [0.29, 0.717) is 0 Å². The summed E-state index contributed by atoms with van der Waals surface area (Å²) in [6.45, 7) is 2.29. The lowest BCUT2D eigenvalue weighted by Gasteiger charge is -2.07. The van der Waals surface area contributed by atoms with E-state index in [1.165, 1.54) is 76.3 Å². The number of unbranched alkanes of at least 4 members (excludes halogenated alkanes) is 10. The molecule has 2 aromatic heterocycles. The van der Waals surface area contributed by atoms with Gasteiger partial charge in [-0.25, -0.2) is 0 Å². The van der Waals surface area contributed by atoms with Gasteiger partial charge < -0.3 is 0 Å². The van der Waals surface area contributed by atoms with E-state index in [1.54, 1.807) is 0 Å². The minimum Gasteiger partial charge on any atom is -0.264 e. The third kappa shape index (κ3) is 7.23. The molecular formula is C26H37N3. The highest BCUT2D eigenvalue weighted by atomic mass is 15.4. The van der Waals surface area contributed by atoms with Gasteiger partial charge in [-0.15, -0.1) is 0 Å². The number of nitrogens with zero attached hydrogens (tertiary/aromatic N) is 3. The minimum absolute atomic E-state index is 1.05. The summed E-state index contributed by atoms with van der Waals surface area (Å²) >= 11 is 0. The average molecular weight is 392 g/mol. The molecule has 0 atom stereocenters. The van der Waals surface area contributed by atoms with Gasteiger partial charge in [-0.3, -0.25) is 14.3 Å². The van der Waals surface area contributed by atoms with Gasteiger partial charge in [-0.05, 0) is 55.3 Å². The maximum absolute atomic E-state index is 4.81. The van der Waals surface area contributed by atoms with E-state index in [0.717, 1.165) is 17.8 Å². The van der Waals surface area contributed by atoms with Crippen molar-refractivity contribution in [3.05, 3.63) is 66.4 Å². The van der Waals surface area contributed by atoms with Gasteiger partial charge in [0.15, 0.2) is 0 Å². The molecule has 0 radical (unpaired) electrons. The molecule has 0 unspecified atom stereocenters. The number of allylic oxidation sites excluding steroid dienone is 2. The number of hydrogen-bond acceptors (Lipinski definition) is 1. The largest absolute Gasteiger partial charge is 0.264 e. The molecule has 0 saturated heterocycles. The third-order valence-corrected chi connectivity index (χ3v) is 5.65. The van der Waals surface area contributed by atoms with Crippen LogP contribution in [0.3, 0.4) is 0 Å². The van der Waals surface area contributed by atoms with E-state index in [9.17, 15) is 0 Å². The van der Waals surface area contributed by atoms with E-state index >= 15 is 0 Å². The zero-order chi connectivity index (χ0) is 20.2. The summed E-state index contributed by atoms with van der Waals surface area (Å²) in [6, 6.07) is 8.27. The predicted molar refractivity (Wildman–Crippen MR) is 125 cm³/mol. The summed E-state index contributed by atoms with van der Waals surface area (Å²) in [7, 11) is 0. The average Bonchev–Trinajstić information content (AvgIpc) is 3.48. The number of hydrogen-bond donors (Lipinski definition) is 0. The molecule has 0 fully saturated rings. The lowest BCUT2D eigenvalue weighted by Crippen LogP contribution is -2.06. The molecule has 0 aliphatic carbocycles. The summed E-state index contributed by atoms with van der Waals surface area (Å²) < 4.78 is 4.19. The smallest absolute Gasteiger partial charge is 0.0655 e. The first-order chi connectivity index (χ1) is 14.4. The Bertz CT molecular complexity index is 790. The molecule has 3 nitrogen and oxygen atoms in total. The molecule has 3 heterocycles. The van der Waals surface area contributed by atoms with Crippen LogP contribution in [0.5, 0.6) is 0 Å². The summed E-state index contributed by atoms with van der Waals surface area (Å²) in [5.74, 6) is 0. The molecule has 3 rings (SSSR count). The van der Waals surface area contributed by atoms with Gasteiger partial charge in [0.25, 0.3) is 0 Å². The molecule has 156 valence electrons. The molecule has 0 saturated carbocycles. The van der Waals surface area contributed by atoms with E-state index in [-0.39, 0.29) is 0 Å². The quantitative estimate of drug-likeness (QED) is 0.295. The third-order valence-electron chi connectivity index (χ3n) is 5.65. The molecule has 0 bridgehead atoms. The van der Waals surface area contributed by atoms with E-state index in [2.05, 4.69) is 52.8 Å². The van der Waals surface area contributed by atoms with Crippen molar-refractivity contribution in [1.29, 1.82) is 0 Å². The highest BCUT2D eigenvalue weighted by Crippen LogP contribution is 2.18. The van der Waals surface area contributed by atoms with Crippen LogP contribution in [0, 0.1) is 0 Å². The second kappa shape index (κ2) is 12.3. The Kier molecular flexibility index (Phi) is 9.09. The van der Waals surface area contributed by atoms with Crippen molar-refractivity contribution in [3.8, 4) is 0 Å². The maximum Gasteiger partial charge on any atom is 0.0655 e. The Morgan fingerprint density at radius 3 is 2.10 bits per heavy atom. The van der Waals surface area contributed by atoms with Gasteiger partial charge in [0.05, 0.1) is 11.4 Å². The fourth-order valence-corrected chi connectivity index (χ4v) is 3.94. The van der Waals surface area contributed by atoms with Crippen molar-refractivity contribution in [2.75, 3.05) is 0 Å². The number of aromatic nitrogens is 2. The van der Waals surface area contributed by atoms with Crippen molar-refractivity contribution in [3.63, 3.8) is 0 Å². The first kappa shape index (κ1) is 21.4. The van der Waals surface area contributed by atoms with E-state index in [1.807, 2.05) is 24.5 Å². The Labute approximate surface area is 176 Å². The Balaban J connectivity index is 1.32. The minimum atomic E-state index is 1.05. The highest BCUT2D eigenvalue weighted by molar-refractivity contribution is 5.99. The predicted octanol–water partition coefficient (Wildman–Crippen LogP) is 7.65. The van der Waals surface area contributed by atoms with Crippen LogP contribution in [0.2, 0.25) is 0 Å². The lowest BCUT2D eigenvalue weighted by molar-refractivity contribution is 0.552. The number of rotatable bonds is 14. The summed E-state index contributed by atoms with van der Waals surface area (Å²) in [5, 5.41) is 0. The van der Waals surface area contributed by atoms with Gasteiger partial charge >= 0.3 is 0 Å². The van der Waals surface area contributed by atoms with Crippen molar-refractivity contribution >= 4 is 11.8 Å². The zero-order valence-electron chi connectivity index (χ0n) is 18.1. The van der Waals surface area contributed by atoms with Gasteiger partial charge in [0, 0.05) is 24.3 Å². The standard InChI is InChI=1S/C26H37N3/c1-2-3-4-5-6-7-8-9-10-11-12-16-24-18-19-25(27-24)23-26-17-15-22-29(26)28-20-13-14-21-28/h13-15,17-23H,2-12,16H2,1H3. The number of aliphatic imine (C=N–C) groups is 1. The van der Waals surface area contributed by atoms with Gasteiger partial charge in [0.1, 0.15) is 0 Å². The monoisotopic (exact) mass is 391 g/mol. The zero-order valence-corrected chi connectivity index (χ0v) is 18.1. The van der Waals surface area contributed by atoms with Crippen molar-refractivity contribution in [2.24, 2.45) is 4.99 Å². The molecule has 0 aromatic carbocycles. The Morgan fingerprint density at radius 2 is 1.41 bits per heavy atom. The molecule has 0 N–H and O–H groups in total. The molecule has 1 aliphatic heterocycles. The lowest BCUT2D eigenvalue weighted by atomic mass is 10.0. The maximum atomic E-state index is 4.81. The summed E-state index contributed by atoms with van der Waals surface area (Å²) in [4.78, 5) is 4.81. The Morgan fingerprint density at radius 1 is 0.759 bits per heavy atom. The molecule has 1 aliphatic rings. The fraction of sp³-hybridized carbons (Fsp3) is 0.500. The first-order valence-electron chi connectivity index (χ1n) is 11.6. The van der Waals surface area contributed by atoms with Crippen LogP contribution in [0.15, 0.2) is 65.7 Å². The van der Waals surface area contributed by atoms with Crippen LogP contribution in [-0.2, 0) is 0 Å². The molecule has 3 heteroatoms. The molecule has 0 amide bonds. The van der Waals surface area contributed by atoms with Crippen LogP contribution in [0.1, 0.15) is 89.7 Å². The molecule has 29 heavy (non-hydrogen) atoms. The first-order valence-corrected chi connectivity index (χ1v) is 11.6. The van der Waals surface area contributed by atoms with Crippen molar-refractivity contribution in [1.82, 2.24) is 9.35 Å². The SMILES string of the molecule is CCCCCCCCCCCCCC1=NC(=Cc2cccn2-n2cccc2)C=C1. The second-order valence-corrected chi connectivity index (χ2v) is 8.13. The van der Waals surface area contributed by atoms with Crippen LogP contribution >= 0.6 is 0 Å².